The van der Waals surface area contributed by atoms with Crippen molar-refractivity contribution < 1.29 is 14.3 Å². The number of rotatable bonds is 5. The molecule has 1 amide bonds. The minimum absolute atomic E-state index is 0.0544. The van der Waals surface area contributed by atoms with E-state index in [2.05, 4.69) is 10.3 Å². The number of amides is 1. The first-order valence-corrected chi connectivity index (χ1v) is 7.04. The van der Waals surface area contributed by atoms with Crippen LogP contribution in [-0.2, 0) is 16.0 Å². The van der Waals surface area contributed by atoms with Crippen LogP contribution >= 0.6 is 0 Å². The summed E-state index contributed by atoms with van der Waals surface area (Å²) in [4.78, 5) is 25.9. The van der Waals surface area contributed by atoms with Gasteiger partial charge in [-0.25, -0.2) is 0 Å². The fourth-order valence-corrected chi connectivity index (χ4v) is 2.10. The van der Waals surface area contributed by atoms with Gasteiger partial charge in [0, 0.05) is 30.6 Å². The van der Waals surface area contributed by atoms with E-state index >= 15 is 0 Å². The molecule has 0 aliphatic heterocycles. The van der Waals surface area contributed by atoms with Crippen molar-refractivity contribution in [3.8, 4) is 5.75 Å². The number of carbonyl (C=O) groups is 2. The van der Waals surface area contributed by atoms with Crippen molar-refractivity contribution in [3.05, 3.63) is 30.0 Å². The first kappa shape index (κ1) is 15.1. The van der Waals surface area contributed by atoms with Crippen molar-refractivity contribution in [2.24, 2.45) is 5.92 Å². The Morgan fingerprint density at radius 1 is 1.33 bits per heavy atom. The summed E-state index contributed by atoms with van der Waals surface area (Å²) < 4.78 is 5.47. The van der Waals surface area contributed by atoms with Gasteiger partial charge in [0.2, 0.25) is 5.91 Å². The van der Waals surface area contributed by atoms with Gasteiger partial charge in [-0.15, -0.1) is 0 Å². The molecule has 1 aromatic carbocycles. The van der Waals surface area contributed by atoms with E-state index in [1.54, 1.807) is 19.9 Å². The predicted molar refractivity (Wildman–Crippen MR) is 81.2 cm³/mol. The summed E-state index contributed by atoms with van der Waals surface area (Å²) in [6.07, 6.45) is 2.56. The Morgan fingerprint density at radius 2 is 2.10 bits per heavy atom. The second-order valence-electron chi connectivity index (χ2n) is 5.30. The molecule has 5 heteroatoms. The molecular weight excluding hydrogens is 268 g/mol. The van der Waals surface area contributed by atoms with Crippen LogP contribution in [0.5, 0.6) is 5.75 Å². The van der Waals surface area contributed by atoms with Crippen LogP contribution in [0.1, 0.15) is 26.3 Å². The van der Waals surface area contributed by atoms with Gasteiger partial charge in [0.1, 0.15) is 5.75 Å². The number of ether oxygens (including phenoxy) is 1. The number of fused-ring (bicyclic) bond motifs is 1. The number of hydrogen-bond donors (Lipinski definition) is 2. The third-order valence-electron chi connectivity index (χ3n) is 3.20. The van der Waals surface area contributed by atoms with Gasteiger partial charge in [0.15, 0.2) is 0 Å². The maximum Gasteiger partial charge on any atom is 0.313 e. The molecule has 5 nitrogen and oxygen atoms in total. The van der Waals surface area contributed by atoms with Gasteiger partial charge < -0.3 is 15.0 Å². The van der Waals surface area contributed by atoms with E-state index < -0.39 is 0 Å². The maximum absolute atomic E-state index is 11.8. The van der Waals surface area contributed by atoms with Crippen LogP contribution in [0, 0.1) is 5.92 Å². The number of benzene rings is 1. The third-order valence-corrected chi connectivity index (χ3v) is 3.20. The average Bonchev–Trinajstić information content (AvgIpc) is 2.82. The van der Waals surface area contributed by atoms with E-state index in [4.69, 9.17) is 4.74 Å². The summed E-state index contributed by atoms with van der Waals surface area (Å²) in [6.45, 7) is 5.65. The van der Waals surface area contributed by atoms with Gasteiger partial charge in [0.05, 0.1) is 5.92 Å². The van der Waals surface area contributed by atoms with Crippen molar-refractivity contribution >= 4 is 22.8 Å². The minimum Gasteiger partial charge on any atom is -0.426 e. The molecule has 0 saturated carbocycles. The van der Waals surface area contributed by atoms with Crippen LogP contribution in [0.4, 0.5) is 0 Å². The molecule has 2 aromatic rings. The third kappa shape index (κ3) is 3.62. The summed E-state index contributed by atoms with van der Waals surface area (Å²) in [5, 5.41) is 3.67. The molecule has 0 unspecified atom stereocenters. The van der Waals surface area contributed by atoms with E-state index in [1.807, 2.05) is 18.3 Å². The fraction of sp³-hybridized carbons (Fsp3) is 0.375. The molecule has 0 atom stereocenters. The molecular formula is C16H20N2O3. The lowest BCUT2D eigenvalue weighted by molar-refractivity contribution is -0.137. The number of nitrogens with one attached hydrogen (secondary N) is 2. The number of esters is 1. The largest absolute Gasteiger partial charge is 0.426 e. The van der Waals surface area contributed by atoms with E-state index in [0.29, 0.717) is 18.7 Å². The van der Waals surface area contributed by atoms with Crippen molar-refractivity contribution in [2.75, 3.05) is 6.54 Å². The topological polar surface area (TPSA) is 71.2 Å². The smallest absolute Gasteiger partial charge is 0.313 e. The number of aromatic nitrogens is 1. The normalized spacial score (nSPS) is 10.9. The van der Waals surface area contributed by atoms with Gasteiger partial charge in [-0.05, 0) is 24.1 Å². The fourth-order valence-electron chi connectivity index (χ4n) is 2.10. The van der Waals surface area contributed by atoms with Crippen LogP contribution < -0.4 is 10.1 Å². The second kappa shape index (κ2) is 6.43. The van der Waals surface area contributed by atoms with E-state index in [-0.39, 0.29) is 17.8 Å². The lowest BCUT2D eigenvalue weighted by Gasteiger charge is -2.09. The lowest BCUT2D eigenvalue weighted by Crippen LogP contribution is -2.22. The predicted octanol–water partition coefficient (Wildman–Crippen LogP) is 2.41. The standard InChI is InChI=1S/C16H20N2O3/c1-10(2)16(20)21-14-6-4-5-13-15(14)12(9-18-13)7-8-17-11(3)19/h4-6,9-10,18H,7-8H2,1-3H3,(H,17,19). The molecule has 112 valence electrons. The van der Waals surface area contributed by atoms with E-state index in [1.165, 1.54) is 6.92 Å². The van der Waals surface area contributed by atoms with Crippen molar-refractivity contribution in [2.45, 2.75) is 27.2 Å². The van der Waals surface area contributed by atoms with Crippen LogP contribution in [0.15, 0.2) is 24.4 Å². The van der Waals surface area contributed by atoms with Gasteiger partial charge in [0.25, 0.3) is 0 Å². The molecule has 0 bridgehead atoms. The molecule has 0 aliphatic rings. The maximum atomic E-state index is 11.8. The Hall–Kier alpha value is -2.30. The van der Waals surface area contributed by atoms with Crippen LogP contribution in [0.25, 0.3) is 10.9 Å². The zero-order chi connectivity index (χ0) is 15.4. The van der Waals surface area contributed by atoms with Crippen LogP contribution in [0.3, 0.4) is 0 Å². The zero-order valence-corrected chi connectivity index (χ0v) is 12.5. The molecule has 0 spiro atoms. The van der Waals surface area contributed by atoms with Gasteiger partial charge in [-0.1, -0.05) is 19.9 Å². The molecule has 2 N–H and O–H groups in total. The second-order valence-corrected chi connectivity index (χ2v) is 5.30. The molecule has 0 fully saturated rings. The van der Waals surface area contributed by atoms with Crippen molar-refractivity contribution in [1.29, 1.82) is 0 Å². The zero-order valence-electron chi connectivity index (χ0n) is 12.5. The summed E-state index contributed by atoms with van der Waals surface area (Å²) in [7, 11) is 0. The molecule has 0 aliphatic carbocycles. The Bertz CT molecular complexity index is 659. The average molecular weight is 288 g/mol. The number of hydrogen-bond acceptors (Lipinski definition) is 3. The molecule has 2 rings (SSSR count). The highest BCUT2D eigenvalue weighted by atomic mass is 16.5. The van der Waals surface area contributed by atoms with Gasteiger partial charge in [-0.2, -0.15) is 0 Å². The highest BCUT2D eigenvalue weighted by Crippen LogP contribution is 2.29. The number of aromatic amines is 1. The lowest BCUT2D eigenvalue weighted by atomic mass is 10.1. The Labute approximate surface area is 123 Å². The van der Waals surface area contributed by atoms with Crippen LogP contribution in [-0.4, -0.2) is 23.4 Å². The monoisotopic (exact) mass is 288 g/mol. The van der Waals surface area contributed by atoms with Crippen LogP contribution in [0.2, 0.25) is 0 Å². The summed E-state index contributed by atoms with van der Waals surface area (Å²) in [6, 6.07) is 5.57. The number of H-pyrrole nitrogens is 1. The molecule has 0 saturated heterocycles. The highest BCUT2D eigenvalue weighted by molar-refractivity contribution is 5.91. The van der Waals surface area contributed by atoms with E-state index in [9.17, 15) is 9.59 Å². The SMILES string of the molecule is CC(=O)NCCc1c[nH]c2cccc(OC(=O)C(C)C)c12. The Kier molecular flexibility index (Phi) is 4.62. The first-order chi connectivity index (χ1) is 9.99. The summed E-state index contributed by atoms with van der Waals surface area (Å²) >= 11 is 0. The van der Waals surface area contributed by atoms with Gasteiger partial charge in [-0.3, -0.25) is 9.59 Å². The highest BCUT2D eigenvalue weighted by Gasteiger charge is 2.15. The minimum atomic E-state index is -0.253. The summed E-state index contributed by atoms with van der Waals surface area (Å²) in [5.74, 6) is 0.0742. The molecule has 1 heterocycles. The molecule has 21 heavy (non-hydrogen) atoms. The van der Waals surface area contributed by atoms with Crippen molar-refractivity contribution in [1.82, 2.24) is 10.3 Å². The first-order valence-electron chi connectivity index (χ1n) is 7.04. The Balaban J connectivity index is 2.26. The summed E-state index contributed by atoms with van der Waals surface area (Å²) in [5.41, 5.74) is 1.94. The molecule has 0 radical (unpaired) electrons. The molecule has 1 aromatic heterocycles. The van der Waals surface area contributed by atoms with E-state index in [0.717, 1.165) is 16.5 Å². The van der Waals surface area contributed by atoms with Gasteiger partial charge >= 0.3 is 5.97 Å². The Morgan fingerprint density at radius 3 is 2.76 bits per heavy atom. The quantitative estimate of drug-likeness (QED) is 0.655. The number of carbonyl (C=O) groups excluding carboxylic acids is 2. The van der Waals surface area contributed by atoms with Crippen molar-refractivity contribution in [3.63, 3.8) is 0 Å².